The Hall–Kier alpha value is -2.00. The highest BCUT2D eigenvalue weighted by molar-refractivity contribution is 5.62. The smallest absolute Gasteiger partial charge is 0.143 e. The number of benzene rings is 2. The van der Waals surface area contributed by atoms with E-state index in [1.54, 1.807) is 0 Å². The first kappa shape index (κ1) is 15.9. The maximum atomic E-state index is 6.29. The van der Waals surface area contributed by atoms with Crippen molar-refractivity contribution in [2.75, 3.05) is 24.5 Å². The van der Waals surface area contributed by atoms with E-state index < -0.39 is 0 Å². The Morgan fingerprint density at radius 1 is 1.13 bits per heavy atom. The predicted molar refractivity (Wildman–Crippen MR) is 96.1 cm³/mol. The summed E-state index contributed by atoms with van der Waals surface area (Å²) in [5.41, 5.74) is 9.48. The molecule has 122 valence electrons. The van der Waals surface area contributed by atoms with Gasteiger partial charge in [0.15, 0.2) is 0 Å². The number of nitrogens with zero attached hydrogens (tertiary/aromatic N) is 1. The first-order chi connectivity index (χ1) is 11.3. The van der Waals surface area contributed by atoms with E-state index in [-0.39, 0.29) is 6.10 Å². The van der Waals surface area contributed by atoms with Crippen molar-refractivity contribution in [1.82, 2.24) is 0 Å². The van der Waals surface area contributed by atoms with Gasteiger partial charge in [0.05, 0.1) is 12.2 Å². The highest BCUT2D eigenvalue weighted by Crippen LogP contribution is 2.38. The molecule has 0 aromatic heterocycles. The number of hydrogen-bond acceptors (Lipinski definition) is 3. The summed E-state index contributed by atoms with van der Waals surface area (Å²) in [5.74, 6) is 0.995. The van der Waals surface area contributed by atoms with Gasteiger partial charge in [-0.3, -0.25) is 0 Å². The van der Waals surface area contributed by atoms with E-state index in [1.807, 2.05) is 6.07 Å². The Kier molecular flexibility index (Phi) is 5.19. The summed E-state index contributed by atoms with van der Waals surface area (Å²) in [6.07, 6.45) is 3.32. The Balaban J connectivity index is 1.87. The zero-order valence-corrected chi connectivity index (χ0v) is 13.9. The first-order valence-corrected chi connectivity index (χ1v) is 8.61. The molecule has 1 atom stereocenters. The average molecular weight is 310 g/mol. The van der Waals surface area contributed by atoms with Crippen molar-refractivity contribution in [2.24, 2.45) is 5.73 Å². The minimum Gasteiger partial charge on any atom is -0.482 e. The molecule has 0 aliphatic carbocycles. The number of anilines is 1. The molecule has 0 radical (unpaired) electrons. The molecule has 3 rings (SSSR count). The summed E-state index contributed by atoms with van der Waals surface area (Å²) in [4.78, 5) is 2.46. The van der Waals surface area contributed by atoms with Gasteiger partial charge in [0.2, 0.25) is 0 Å². The minimum absolute atomic E-state index is 0.0917. The Morgan fingerprint density at radius 3 is 2.70 bits per heavy atom. The normalized spacial score (nSPS) is 16.8. The van der Waals surface area contributed by atoms with Crippen LogP contribution in [0.1, 0.15) is 37.0 Å². The minimum atomic E-state index is 0.0917. The molecule has 0 bridgehead atoms. The first-order valence-electron chi connectivity index (χ1n) is 8.61. The van der Waals surface area contributed by atoms with E-state index in [9.17, 15) is 0 Å². The van der Waals surface area contributed by atoms with Gasteiger partial charge in [-0.05, 0) is 49.1 Å². The molecule has 2 aromatic carbocycles. The molecule has 0 amide bonds. The average Bonchev–Trinajstić information content (AvgIpc) is 2.62. The third-order valence-corrected chi connectivity index (χ3v) is 4.48. The molecule has 1 aliphatic rings. The van der Waals surface area contributed by atoms with Gasteiger partial charge in [-0.1, -0.05) is 43.3 Å². The number of ether oxygens (including phenoxy) is 1. The highest BCUT2D eigenvalue weighted by atomic mass is 16.5. The molecular formula is C20H26N2O. The molecule has 1 aliphatic heterocycles. The molecule has 0 saturated heterocycles. The number of unbranched alkanes of at least 4 members (excludes halogenated alkanes) is 1. The van der Waals surface area contributed by atoms with Gasteiger partial charge in [0.1, 0.15) is 11.9 Å². The van der Waals surface area contributed by atoms with Gasteiger partial charge in [0.25, 0.3) is 0 Å². The molecule has 2 N–H and O–H groups in total. The van der Waals surface area contributed by atoms with Crippen LogP contribution in [0.3, 0.4) is 0 Å². The monoisotopic (exact) mass is 310 g/mol. The largest absolute Gasteiger partial charge is 0.482 e. The maximum absolute atomic E-state index is 6.29. The molecule has 0 spiro atoms. The standard InChI is InChI=1S/C20H26N2O/c1-2-16-10-11-19-18(14-16)22(13-7-6-12-21)15-20(23-19)17-8-4-3-5-9-17/h3-5,8-11,14,20H,2,6-7,12-13,15,21H2,1H3. The van der Waals surface area contributed by atoms with E-state index in [2.05, 4.69) is 54.3 Å². The third kappa shape index (κ3) is 3.67. The molecule has 2 aromatic rings. The molecule has 1 heterocycles. The summed E-state index contributed by atoms with van der Waals surface area (Å²) in [6, 6.07) is 17.1. The van der Waals surface area contributed by atoms with Crippen LogP contribution in [0, 0.1) is 0 Å². The topological polar surface area (TPSA) is 38.5 Å². The van der Waals surface area contributed by atoms with Crippen molar-refractivity contribution in [3.05, 3.63) is 59.7 Å². The Bertz CT molecular complexity index is 627. The molecule has 23 heavy (non-hydrogen) atoms. The summed E-state index contributed by atoms with van der Waals surface area (Å²) in [6.45, 7) is 4.88. The van der Waals surface area contributed by atoms with Crippen molar-refractivity contribution in [3.63, 3.8) is 0 Å². The second-order valence-corrected chi connectivity index (χ2v) is 6.11. The SMILES string of the molecule is CCc1ccc2c(c1)N(CCCCN)CC(c1ccccc1)O2. The van der Waals surface area contributed by atoms with Crippen LogP contribution in [-0.4, -0.2) is 19.6 Å². The zero-order valence-electron chi connectivity index (χ0n) is 13.9. The van der Waals surface area contributed by atoms with Crippen molar-refractivity contribution in [3.8, 4) is 5.75 Å². The molecule has 0 saturated carbocycles. The number of hydrogen-bond donors (Lipinski definition) is 1. The van der Waals surface area contributed by atoms with Crippen molar-refractivity contribution >= 4 is 5.69 Å². The summed E-state index contributed by atoms with van der Waals surface area (Å²) in [5, 5.41) is 0. The van der Waals surface area contributed by atoms with Crippen LogP contribution in [0.5, 0.6) is 5.75 Å². The second-order valence-electron chi connectivity index (χ2n) is 6.11. The molecule has 3 heteroatoms. The van der Waals surface area contributed by atoms with Crippen molar-refractivity contribution < 1.29 is 4.74 Å². The quantitative estimate of drug-likeness (QED) is 0.822. The number of fused-ring (bicyclic) bond motifs is 1. The van der Waals surface area contributed by atoms with Crippen LogP contribution in [0.2, 0.25) is 0 Å². The van der Waals surface area contributed by atoms with Gasteiger partial charge in [0, 0.05) is 6.54 Å². The lowest BCUT2D eigenvalue weighted by atomic mass is 10.0. The molecule has 1 unspecified atom stereocenters. The Labute approximate surface area is 139 Å². The van der Waals surface area contributed by atoms with E-state index in [1.165, 1.54) is 16.8 Å². The number of rotatable bonds is 6. The van der Waals surface area contributed by atoms with Crippen molar-refractivity contribution in [1.29, 1.82) is 0 Å². The fourth-order valence-electron chi connectivity index (χ4n) is 3.12. The number of nitrogens with two attached hydrogens (primary N) is 1. The molecule has 3 nitrogen and oxygen atoms in total. The van der Waals surface area contributed by atoms with E-state index in [4.69, 9.17) is 10.5 Å². The lowest BCUT2D eigenvalue weighted by molar-refractivity contribution is 0.197. The predicted octanol–water partition coefficient (Wildman–Crippen LogP) is 3.93. The van der Waals surface area contributed by atoms with E-state index in [0.29, 0.717) is 0 Å². The van der Waals surface area contributed by atoms with Gasteiger partial charge in [-0.25, -0.2) is 0 Å². The molecular weight excluding hydrogens is 284 g/mol. The fourth-order valence-corrected chi connectivity index (χ4v) is 3.12. The van der Waals surface area contributed by atoms with Gasteiger partial charge < -0.3 is 15.4 Å². The number of aryl methyl sites for hydroxylation is 1. The van der Waals surface area contributed by atoms with Crippen LogP contribution in [0.15, 0.2) is 48.5 Å². The lowest BCUT2D eigenvalue weighted by Crippen LogP contribution is -2.36. The lowest BCUT2D eigenvalue weighted by Gasteiger charge is -2.37. The van der Waals surface area contributed by atoms with Crippen LogP contribution in [0.25, 0.3) is 0 Å². The van der Waals surface area contributed by atoms with Gasteiger partial charge in [-0.2, -0.15) is 0 Å². The molecule has 0 fully saturated rings. The highest BCUT2D eigenvalue weighted by Gasteiger charge is 2.26. The Morgan fingerprint density at radius 2 is 1.96 bits per heavy atom. The van der Waals surface area contributed by atoms with E-state index in [0.717, 1.165) is 44.6 Å². The fraction of sp³-hybridized carbons (Fsp3) is 0.400. The second kappa shape index (κ2) is 7.51. The third-order valence-electron chi connectivity index (χ3n) is 4.48. The van der Waals surface area contributed by atoms with Crippen LogP contribution in [0.4, 0.5) is 5.69 Å². The zero-order chi connectivity index (χ0) is 16.1. The van der Waals surface area contributed by atoms with Gasteiger partial charge >= 0.3 is 0 Å². The van der Waals surface area contributed by atoms with Crippen LogP contribution in [-0.2, 0) is 6.42 Å². The van der Waals surface area contributed by atoms with E-state index >= 15 is 0 Å². The van der Waals surface area contributed by atoms with Gasteiger partial charge in [-0.15, -0.1) is 0 Å². The summed E-state index contributed by atoms with van der Waals surface area (Å²) in [7, 11) is 0. The van der Waals surface area contributed by atoms with Crippen molar-refractivity contribution in [2.45, 2.75) is 32.3 Å². The van der Waals surface area contributed by atoms with Crippen LogP contribution >= 0.6 is 0 Å². The maximum Gasteiger partial charge on any atom is 0.143 e. The summed E-state index contributed by atoms with van der Waals surface area (Å²) >= 11 is 0. The van der Waals surface area contributed by atoms with Crippen LogP contribution < -0.4 is 15.4 Å². The summed E-state index contributed by atoms with van der Waals surface area (Å²) < 4.78 is 6.29.